The Morgan fingerprint density at radius 1 is 1.43 bits per heavy atom. The molecule has 0 unspecified atom stereocenters. The van der Waals surface area contributed by atoms with Crippen LogP contribution in [0.4, 0.5) is 5.69 Å². The Hall–Kier alpha value is -1.92. The monoisotopic (exact) mass is 321 g/mol. The number of hydrogen-bond donors (Lipinski definition) is 2. The molecule has 0 aliphatic carbocycles. The summed E-state index contributed by atoms with van der Waals surface area (Å²) >= 11 is 11.2. The summed E-state index contributed by atoms with van der Waals surface area (Å²) in [5.41, 5.74) is 6.75. The van der Waals surface area contributed by atoms with Gasteiger partial charge in [-0.1, -0.05) is 29.3 Å². The van der Waals surface area contributed by atoms with Crippen LogP contribution < -0.4 is 10.7 Å². The van der Waals surface area contributed by atoms with E-state index in [4.69, 9.17) is 23.8 Å². The number of anilines is 1. The standard InChI is InChI=1S/C14H16ClN5S/c1-9-4-5-12(10(2)6-9)18-14(21)19-16-8-13-11(15)7-17-20(13)3/h4-8H,1-3H3,(H2,18,19,21)/b16-8+. The number of hydrazone groups is 1. The van der Waals surface area contributed by atoms with Gasteiger partial charge in [0.15, 0.2) is 5.11 Å². The van der Waals surface area contributed by atoms with Crippen LogP contribution in [0.25, 0.3) is 0 Å². The molecule has 5 nitrogen and oxygen atoms in total. The van der Waals surface area contributed by atoms with Crippen molar-refractivity contribution in [3.8, 4) is 0 Å². The molecule has 0 bridgehead atoms. The average Bonchev–Trinajstić information content (AvgIpc) is 2.74. The smallest absolute Gasteiger partial charge is 0.191 e. The summed E-state index contributed by atoms with van der Waals surface area (Å²) in [7, 11) is 1.79. The number of rotatable bonds is 3. The molecule has 0 fully saturated rings. The summed E-state index contributed by atoms with van der Waals surface area (Å²) in [6, 6.07) is 6.10. The van der Waals surface area contributed by atoms with Crippen molar-refractivity contribution in [2.24, 2.45) is 12.1 Å². The number of hydrogen-bond acceptors (Lipinski definition) is 3. The maximum Gasteiger partial charge on any atom is 0.191 e. The molecule has 0 spiro atoms. The van der Waals surface area contributed by atoms with Crippen molar-refractivity contribution in [1.82, 2.24) is 15.2 Å². The van der Waals surface area contributed by atoms with Gasteiger partial charge in [-0.2, -0.15) is 10.2 Å². The van der Waals surface area contributed by atoms with Crippen LogP contribution in [0.15, 0.2) is 29.5 Å². The summed E-state index contributed by atoms with van der Waals surface area (Å²) in [4.78, 5) is 0. The van der Waals surface area contributed by atoms with E-state index in [0.29, 0.717) is 15.8 Å². The van der Waals surface area contributed by atoms with Crippen molar-refractivity contribution in [3.05, 3.63) is 46.2 Å². The number of aromatic nitrogens is 2. The summed E-state index contributed by atoms with van der Waals surface area (Å²) in [5, 5.41) is 12.1. The van der Waals surface area contributed by atoms with E-state index in [9.17, 15) is 0 Å². The summed E-state index contributed by atoms with van der Waals surface area (Å²) < 4.78 is 1.63. The largest absolute Gasteiger partial charge is 0.331 e. The molecule has 1 aromatic carbocycles. The zero-order valence-corrected chi connectivity index (χ0v) is 13.6. The SMILES string of the molecule is Cc1ccc(NC(=S)N/N=C/c2c(Cl)cnn2C)c(C)c1. The second-order valence-electron chi connectivity index (χ2n) is 4.64. The number of thiocarbonyl (C=S) groups is 1. The van der Waals surface area contributed by atoms with Gasteiger partial charge in [0, 0.05) is 12.7 Å². The van der Waals surface area contributed by atoms with E-state index >= 15 is 0 Å². The molecule has 21 heavy (non-hydrogen) atoms. The minimum Gasteiger partial charge on any atom is -0.331 e. The van der Waals surface area contributed by atoms with Crippen molar-refractivity contribution in [1.29, 1.82) is 0 Å². The third-order valence-electron chi connectivity index (χ3n) is 2.92. The van der Waals surface area contributed by atoms with Gasteiger partial charge in [-0.3, -0.25) is 10.1 Å². The van der Waals surface area contributed by atoms with Crippen molar-refractivity contribution >= 4 is 40.8 Å². The van der Waals surface area contributed by atoms with Crippen LogP contribution in [0, 0.1) is 13.8 Å². The van der Waals surface area contributed by atoms with Crippen LogP contribution >= 0.6 is 23.8 Å². The average molecular weight is 322 g/mol. The molecule has 2 rings (SSSR count). The number of halogens is 1. The first kappa shape index (κ1) is 15.5. The lowest BCUT2D eigenvalue weighted by Crippen LogP contribution is -2.24. The van der Waals surface area contributed by atoms with E-state index in [1.165, 1.54) is 5.56 Å². The van der Waals surface area contributed by atoms with Gasteiger partial charge in [-0.15, -0.1) is 0 Å². The van der Waals surface area contributed by atoms with Crippen LogP contribution in [0.3, 0.4) is 0 Å². The lowest BCUT2D eigenvalue weighted by molar-refractivity contribution is 0.761. The second-order valence-corrected chi connectivity index (χ2v) is 5.46. The quantitative estimate of drug-likeness (QED) is 0.518. The number of benzene rings is 1. The first-order valence-electron chi connectivity index (χ1n) is 6.32. The molecule has 0 aliphatic rings. The summed E-state index contributed by atoms with van der Waals surface area (Å²) in [6.07, 6.45) is 3.14. The normalized spacial score (nSPS) is 10.9. The minimum atomic E-state index is 0.413. The van der Waals surface area contributed by atoms with Crippen molar-refractivity contribution in [3.63, 3.8) is 0 Å². The van der Waals surface area contributed by atoms with E-state index in [0.717, 1.165) is 11.3 Å². The van der Waals surface area contributed by atoms with Gasteiger partial charge in [-0.05, 0) is 37.7 Å². The van der Waals surface area contributed by atoms with Crippen LogP contribution in [0.5, 0.6) is 0 Å². The van der Waals surface area contributed by atoms with Gasteiger partial charge in [0.05, 0.1) is 23.1 Å². The first-order chi connectivity index (χ1) is 9.97. The van der Waals surface area contributed by atoms with Crippen LogP contribution in [0.2, 0.25) is 5.02 Å². The third kappa shape index (κ3) is 4.03. The van der Waals surface area contributed by atoms with Crippen LogP contribution in [0.1, 0.15) is 16.8 Å². The fraction of sp³-hybridized carbons (Fsp3) is 0.214. The number of nitrogens with zero attached hydrogens (tertiary/aromatic N) is 3. The van der Waals surface area contributed by atoms with Crippen molar-refractivity contribution in [2.75, 3.05) is 5.32 Å². The predicted octanol–water partition coefficient (Wildman–Crippen LogP) is 3.01. The maximum absolute atomic E-state index is 5.97. The Balaban J connectivity index is 1.96. The highest BCUT2D eigenvalue weighted by molar-refractivity contribution is 7.80. The predicted molar refractivity (Wildman–Crippen MR) is 91.1 cm³/mol. The fourth-order valence-corrected chi connectivity index (χ4v) is 2.20. The van der Waals surface area contributed by atoms with Crippen molar-refractivity contribution < 1.29 is 0 Å². The molecule has 1 heterocycles. The highest BCUT2D eigenvalue weighted by Gasteiger charge is 2.03. The van der Waals surface area contributed by atoms with Crippen LogP contribution in [-0.4, -0.2) is 21.1 Å². The molecule has 2 aromatic rings. The number of nitrogens with one attached hydrogen (secondary N) is 2. The van der Waals surface area contributed by atoms with E-state index in [1.54, 1.807) is 24.1 Å². The minimum absolute atomic E-state index is 0.413. The molecule has 0 radical (unpaired) electrons. The van der Waals surface area contributed by atoms with E-state index in [2.05, 4.69) is 33.9 Å². The Morgan fingerprint density at radius 3 is 2.81 bits per heavy atom. The van der Waals surface area contributed by atoms with Gasteiger partial charge < -0.3 is 5.32 Å². The Bertz CT molecular complexity index is 673. The molecular formula is C14H16ClN5S. The van der Waals surface area contributed by atoms with Gasteiger partial charge in [-0.25, -0.2) is 0 Å². The molecule has 0 amide bonds. The molecule has 7 heteroatoms. The summed E-state index contributed by atoms with van der Waals surface area (Å²) in [5.74, 6) is 0. The van der Waals surface area contributed by atoms with E-state index < -0.39 is 0 Å². The van der Waals surface area contributed by atoms with Crippen molar-refractivity contribution in [2.45, 2.75) is 13.8 Å². The van der Waals surface area contributed by atoms with E-state index in [1.807, 2.05) is 19.1 Å². The molecule has 0 aliphatic heterocycles. The second kappa shape index (κ2) is 6.69. The molecule has 110 valence electrons. The van der Waals surface area contributed by atoms with Crippen LogP contribution in [-0.2, 0) is 7.05 Å². The first-order valence-corrected chi connectivity index (χ1v) is 7.11. The maximum atomic E-state index is 5.97. The Labute approximate surface area is 134 Å². The molecule has 0 atom stereocenters. The topological polar surface area (TPSA) is 54.2 Å². The summed E-state index contributed by atoms with van der Waals surface area (Å²) in [6.45, 7) is 4.08. The number of aryl methyl sites for hydroxylation is 3. The van der Waals surface area contributed by atoms with Gasteiger partial charge in [0.1, 0.15) is 0 Å². The zero-order chi connectivity index (χ0) is 15.4. The van der Waals surface area contributed by atoms with Gasteiger partial charge in [0.2, 0.25) is 0 Å². The van der Waals surface area contributed by atoms with Gasteiger partial charge >= 0.3 is 0 Å². The zero-order valence-electron chi connectivity index (χ0n) is 12.0. The highest BCUT2D eigenvalue weighted by atomic mass is 35.5. The highest BCUT2D eigenvalue weighted by Crippen LogP contribution is 2.15. The fourth-order valence-electron chi connectivity index (χ4n) is 1.82. The molecule has 1 aromatic heterocycles. The van der Waals surface area contributed by atoms with Gasteiger partial charge in [0.25, 0.3) is 0 Å². The Morgan fingerprint density at radius 2 is 2.19 bits per heavy atom. The Kier molecular flexibility index (Phi) is 4.93. The lowest BCUT2D eigenvalue weighted by Gasteiger charge is -2.10. The lowest BCUT2D eigenvalue weighted by atomic mass is 10.1. The molecule has 2 N–H and O–H groups in total. The molecule has 0 saturated heterocycles. The molecular weight excluding hydrogens is 306 g/mol. The molecule has 0 saturated carbocycles. The third-order valence-corrected chi connectivity index (χ3v) is 3.41. The van der Waals surface area contributed by atoms with E-state index in [-0.39, 0.29) is 0 Å².